The van der Waals surface area contributed by atoms with Crippen LogP contribution in [0.15, 0.2) is 18.6 Å². The van der Waals surface area contributed by atoms with Crippen LogP contribution in [0.2, 0.25) is 0 Å². The number of hydrogen-bond donors (Lipinski definition) is 3. The minimum Gasteiger partial charge on any atom is -0.481 e. The SMILES string of the molecule is NC=O.O=C(O)CC(C(=O)O)c1ccncn1. The normalized spacial score (nSPS) is 10.6. The first-order chi connectivity index (χ1) is 8.02. The van der Waals surface area contributed by atoms with E-state index in [9.17, 15) is 9.59 Å². The van der Waals surface area contributed by atoms with Crippen molar-refractivity contribution in [1.82, 2.24) is 9.97 Å². The average molecular weight is 241 g/mol. The third-order valence-electron chi connectivity index (χ3n) is 1.64. The number of nitrogens with two attached hydrogens (primary N) is 1. The molecule has 0 spiro atoms. The molecule has 1 heterocycles. The van der Waals surface area contributed by atoms with E-state index in [0.717, 1.165) is 0 Å². The number of primary amides is 1. The van der Waals surface area contributed by atoms with Crippen molar-refractivity contribution >= 4 is 18.3 Å². The number of aromatic nitrogens is 2. The van der Waals surface area contributed by atoms with Gasteiger partial charge in [0.05, 0.1) is 12.1 Å². The van der Waals surface area contributed by atoms with Gasteiger partial charge in [-0.2, -0.15) is 0 Å². The lowest BCUT2D eigenvalue weighted by molar-refractivity contribution is -0.145. The molecule has 17 heavy (non-hydrogen) atoms. The van der Waals surface area contributed by atoms with Gasteiger partial charge in [-0.3, -0.25) is 14.4 Å². The van der Waals surface area contributed by atoms with Crippen LogP contribution in [0.25, 0.3) is 0 Å². The molecule has 0 aliphatic carbocycles. The Kier molecular flexibility index (Phi) is 6.60. The highest BCUT2D eigenvalue weighted by Crippen LogP contribution is 2.16. The molecule has 8 heteroatoms. The van der Waals surface area contributed by atoms with E-state index in [0.29, 0.717) is 0 Å². The van der Waals surface area contributed by atoms with Gasteiger partial charge in [-0.25, -0.2) is 9.97 Å². The van der Waals surface area contributed by atoms with Gasteiger partial charge in [-0.15, -0.1) is 0 Å². The second-order valence-electron chi connectivity index (χ2n) is 2.76. The first-order valence-electron chi connectivity index (χ1n) is 4.38. The highest BCUT2D eigenvalue weighted by molar-refractivity contribution is 5.81. The standard InChI is InChI=1S/C8H8N2O4.CH3NO/c11-7(12)3-5(8(13)14)6-1-2-9-4-10-6;2-1-3/h1-2,4-5H,3H2,(H,11,12)(H,13,14);1H,(H2,2,3). The fraction of sp³-hybridized carbons (Fsp3) is 0.222. The largest absolute Gasteiger partial charge is 0.481 e. The maximum atomic E-state index is 10.7. The van der Waals surface area contributed by atoms with Crippen LogP contribution in [0.5, 0.6) is 0 Å². The van der Waals surface area contributed by atoms with Crippen LogP contribution in [0.3, 0.4) is 0 Å². The van der Waals surface area contributed by atoms with Crippen molar-refractivity contribution in [3.8, 4) is 0 Å². The molecule has 1 rings (SSSR count). The Hall–Kier alpha value is -2.51. The van der Waals surface area contributed by atoms with E-state index in [1.807, 2.05) is 0 Å². The molecule has 1 amide bonds. The zero-order valence-electron chi connectivity index (χ0n) is 8.68. The lowest BCUT2D eigenvalue weighted by Crippen LogP contribution is -2.17. The Bertz CT molecular complexity index is 381. The molecule has 0 aliphatic heterocycles. The fourth-order valence-corrected chi connectivity index (χ4v) is 1.00. The zero-order valence-corrected chi connectivity index (χ0v) is 8.68. The van der Waals surface area contributed by atoms with Crippen LogP contribution in [0, 0.1) is 0 Å². The minimum absolute atomic E-state index is 0.204. The number of carboxylic acids is 2. The van der Waals surface area contributed by atoms with E-state index in [1.54, 1.807) is 0 Å². The summed E-state index contributed by atoms with van der Waals surface area (Å²) >= 11 is 0. The molecule has 0 aliphatic rings. The number of carboxylic acid groups (broad SMARTS) is 2. The van der Waals surface area contributed by atoms with Crippen molar-refractivity contribution < 1.29 is 24.6 Å². The van der Waals surface area contributed by atoms with Gasteiger partial charge in [-0.05, 0) is 6.07 Å². The molecule has 1 aromatic heterocycles. The second kappa shape index (κ2) is 7.74. The lowest BCUT2D eigenvalue weighted by Gasteiger charge is -2.07. The van der Waals surface area contributed by atoms with Crippen LogP contribution in [-0.4, -0.2) is 38.5 Å². The van der Waals surface area contributed by atoms with Crippen molar-refractivity contribution in [3.63, 3.8) is 0 Å². The van der Waals surface area contributed by atoms with E-state index < -0.39 is 24.3 Å². The smallest absolute Gasteiger partial charge is 0.313 e. The third kappa shape index (κ3) is 5.82. The van der Waals surface area contributed by atoms with Crippen LogP contribution in [0.4, 0.5) is 0 Å². The number of amides is 1. The van der Waals surface area contributed by atoms with E-state index in [2.05, 4.69) is 15.7 Å². The van der Waals surface area contributed by atoms with Gasteiger partial charge in [-0.1, -0.05) is 0 Å². The second-order valence-corrected chi connectivity index (χ2v) is 2.76. The first-order valence-corrected chi connectivity index (χ1v) is 4.38. The quantitative estimate of drug-likeness (QED) is 0.586. The Balaban J connectivity index is 0.000000770. The monoisotopic (exact) mass is 241 g/mol. The summed E-state index contributed by atoms with van der Waals surface area (Å²) < 4.78 is 0. The van der Waals surface area contributed by atoms with Crippen molar-refractivity contribution in [2.24, 2.45) is 5.73 Å². The average Bonchev–Trinajstić information content (AvgIpc) is 2.27. The maximum Gasteiger partial charge on any atom is 0.313 e. The molecule has 0 aromatic carbocycles. The third-order valence-corrected chi connectivity index (χ3v) is 1.64. The van der Waals surface area contributed by atoms with E-state index in [4.69, 9.17) is 15.0 Å². The Morgan fingerprint density at radius 2 is 2.06 bits per heavy atom. The zero-order chi connectivity index (χ0) is 13.3. The van der Waals surface area contributed by atoms with E-state index in [-0.39, 0.29) is 12.1 Å². The summed E-state index contributed by atoms with van der Waals surface area (Å²) in [7, 11) is 0. The molecule has 8 nitrogen and oxygen atoms in total. The number of hydrogen-bond acceptors (Lipinski definition) is 5. The highest BCUT2D eigenvalue weighted by Gasteiger charge is 2.23. The topological polar surface area (TPSA) is 143 Å². The Labute approximate surface area is 96.1 Å². The fourth-order valence-electron chi connectivity index (χ4n) is 1.00. The summed E-state index contributed by atoms with van der Waals surface area (Å²) in [5, 5.41) is 17.2. The minimum atomic E-state index is -1.20. The molecular formula is C9H11N3O5. The van der Waals surface area contributed by atoms with E-state index in [1.165, 1.54) is 18.6 Å². The molecule has 0 saturated carbocycles. The summed E-state index contributed by atoms with van der Waals surface area (Å²) in [6, 6.07) is 1.39. The summed E-state index contributed by atoms with van der Waals surface area (Å²) in [5.41, 5.74) is 4.37. The van der Waals surface area contributed by atoms with Gasteiger partial charge >= 0.3 is 11.9 Å². The van der Waals surface area contributed by atoms with Gasteiger partial charge in [0.15, 0.2) is 0 Å². The Morgan fingerprint density at radius 1 is 1.47 bits per heavy atom. The van der Waals surface area contributed by atoms with Gasteiger partial charge in [0.2, 0.25) is 6.41 Å². The van der Waals surface area contributed by atoms with Gasteiger partial charge < -0.3 is 15.9 Å². The van der Waals surface area contributed by atoms with Crippen molar-refractivity contribution in [2.75, 3.05) is 0 Å². The van der Waals surface area contributed by atoms with Crippen LogP contribution in [-0.2, 0) is 14.4 Å². The molecule has 0 bridgehead atoms. The molecule has 1 unspecified atom stereocenters. The van der Waals surface area contributed by atoms with Crippen LogP contribution < -0.4 is 5.73 Å². The summed E-state index contributed by atoms with van der Waals surface area (Å²) in [6.45, 7) is 0. The number of carbonyl (C=O) groups excluding carboxylic acids is 1. The maximum absolute atomic E-state index is 10.7. The van der Waals surface area contributed by atoms with Crippen molar-refractivity contribution in [2.45, 2.75) is 12.3 Å². The predicted octanol–water partition coefficient (Wildman–Crippen LogP) is -0.779. The number of nitrogens with zero attached hydrogens (tertiary/aromatic N) is 2. The number of rotatable bonds is 4. The van der Waals surface area contributed by atoms with Crippen LogP contribution in [0.1, 0.15) is 18.0 Å². The molecule has 1 atom stereocenters. The molecule has 0 saturated heterocycles. The van der Waals surface area contributed by atoms with E-state index >= 15 is 0 Å². The summed E-state index contributed by atoms with van der Waals surface area (Å²) in [5.74, 6) is -3.49. The molecule has 0 fully saturated rings. The number of aliphatic carboxylic acids is 2. The predicted molar refractivity (Wildman–Crippen MR) is 54.9 cm³/mol. The molecule has 1 aromatic rings. The van der Waals surface area contributed by atoms with Gasteiger partial charge in [0.1, 0.15) is 12.2 Å². The molecule has 92 valence electrons. The number of carbonyl (C=O) groups is 3. The molecule has 4 N–H and O–H groups in total. The molecule has 0 radical (unpaired) electrons. The highest BCUT2D eigenvalue weighted by atomic mass is 16.4. The summed E-state index contributed by atoms with van der Waals surface area (Å²) in [6.07, 6.45) is 2.33. The first kappa shape index (κ1) is 14.5. The molecular weight excluding hydrogens is 230 g/mol. The summed E-state index contributed by atoms with van der Waals surface area (Å²) in [4.78, 5) is 37.0. The van der Waals surface area contributed by atoms with Gasteiger partial charge in [0, 0.05) is 6.20 Å². The lowest BCUT2D eigenvalue weighted by atomic mass is 10.0. The Morgan fingerprint density at radius 3 is 2.41 bits per heavy atom. The van der Waals surface area contributed by atoms with Crippen molar-refractivity contribution in [3.05, 3.63) is 24.3 Å². The van der Waals surface area contributed by atoms with Crippen molar-refractivity contribution in [1.29, 1.82) is 0 Å². The van der Waals surface area contributed by atoms with Gasteiger partial charge in [0.25, 0.3) is 0 Å². The van der Waals surface area contributed by atoms with Crippen LogP contribution >= 0.6 is 0 Å².